The molecular weight excluding hydrogens is 312 g/mol. The number of benzene rings is 1. The monoisotopic (exact) mass is 330 g/mol. The molecule has 0 aromatic heterocycles. The fourth-order valence-electron chi connectivity index (χ4n) is 2.69. The smallest absolute Gasteiger partial charge is 0.251 e. The Hall–Kier alpha value is -1.11. The van der Waals surface area contributed by atoms with Crippen LogP contribution in [-0.2, 0) is 10.0 Å². The van der Waals surface area contributed by atoms with Gasteiger partial charge in [0.2, 0.25) is 10.0 Å². The summed E-state index contributed by atoms with van der Waals surface area (Å²) in [5, 5.41) is 8.16. The molecule has 1 unspecified atom stereocenters. The average Bonchev–Trinajstić information content (AvgIpc) is 2.66. The lowest BCUT2D eigenvalue weighted by Crippen LogP contribution is -2.33. The number of sulfonamides is 1. The SMILES string of the molecule is CC1(C)CCC(NC(=O)c2cc(Cl)cc(S(N)(=O)=O)c2)C1. The van der Waals surface area contributed by atoms with E-state index in [0.29, 0.717) is 0 Å². The fourth-order valence-corrected chi connectivity index (χ4v) is 3.57. The van der Waals surface area contributed by atoms with Crippen LogP contribution in [0.15, 0.2) is 23.1 Å². The van der Waals surface area contributed by atoms with Gasteiger partial charge in [-0.15, -0.1) is 0 Å². The largest absolute Gasteiger partial charge is 0.349 e. The molecule has 0 saturated heterocycles. The summed E-state index contributed by atoms with van der Waals surface area (Å²) < 4.78 is 22.8. The molecule has 0 bridgehead atoms. The van der Waals surface area contributed by atoms with Crippen LogP contribution >= 0.6 is 11.6 Å². The van der Waals surface area contributed by atoms with Gasteiger partial charge in [-0.2, -0.15) is 0 Å². The predicted octanol–water partition coefficient (Wildman–Crippen LogP) is 2.30. The second-order valence-corrected chi connectivity index (χ2v) is 8.30. The van der Waals surface area contributed by atoms with Gasteiger partial charge < -0.3 is 5.32 Å². The topological polar surface area (TPSA) is 89.3 Å². The zero-order chi connectivity index (χ0) is 15.8. The quantitative estimate of drug-likeness (QED) is 0.891. The highest BCUT2D eigenvalue weighted by Gasteiger charge is 2.31. The van der Waals surface area contributed by atoms with Crippen LogP contribution < -0.4 is 10.5 Å². The molecule has 0 aliphatic heterocycles. The molecule has 5 nitrogen and oxygen atoms in total. The number of hydrogen-bond acceptors (Lipinski definition) is 3. The first-order chi connectivity index (χ1) is 9.57. The van der Waals surface area contributed by atoms with Gasteiger partial charge in [0.15, 0.2) is 0 Å². The molecule has 1 aromatic rings. The van der Waals surface area contributed by atoms with Crippen LogP contribution in [0.5, 0.6) is 0 Å². The second-order valence-electron chi connectivity index (χ2n) is 6.30. The van der Waals surface area contributed by atoms with E-state index in [-0.39, 0.29) is 32.8 Å². The summed E-state index contributed by atoms with van der Waals surface area (Å²) in [6.07, 6.45) is 2.87. The Bertz CT molecular complexity index is 671. The third kappa shape index (κ3) is 4.18. The molecule has 2 rings (SSSR count). The Morgan fingerprint density at radius 1 is 1.38 bits per heavy atom. The predicted molar refractivity (Wildman–Crippen MR) is 81.7 cm³/mol. The molecule has 1 aliphatic rings. The third-order valence-electron chi connectivity index (χ3n) is 3.77. The molecule has 3 N–H and O–H groups in total. The number of primary sulfonamides is 1. The van der Waals surface area contributed by atoms with Gasteiger partial charge in [-0.3, -0.25) is 4.79 Å². The summed E-state index contributed by atoms with van der Waals surface area (Å²) in [4.78, 5) is 12.1. The van der Waals surface area contributed by atoms with E-state index in [2.05, 4.69) is 19.2 Å². The van der Waals surface area contributed by atoms with Crippen LogP contribution in [0.4, 0.5) is 0 Å². The van der Waals surface area contributed by atoms with Crippen LogP contribution in [0.1, 0.15) is 43.5 Å². The molecule has 21 heavy (non-hydrogen) atoms. The minimum absolute atomic E-state index is 0.101. The van der Waals surface area contributed by atoms with Gasteiger partial charge in [0.05, 0.1) is 4.90 Å². The number of carbonyl (C=O) groups excluding carboxylic acids is 1. The fraction of sp³-hybridized carbons (Fsp3) is 0.500. The van der Waals surface area contributed by atoms with Crippen molar-refractivity contribution < 1.29 is 13.2 Å². The normalized spacial score (nSPS) is 21.2. The van der Waals surface area contributed by atoms with E-state index >= 15 is 0 Å². The number of halogens is 1. The maximum absolute atomic E-state index is 12.2. The van der Waals surface area contributed by atoms with E-state index in [0.717, 1.165) is 19.3 Å². The first-order valence-electron chi connectivity index (χ1n) is 6.71. The molecule has 1 saturated carbocycles. The van der Waals surface area contributed by atoms with Gasteiger partial charge in [0.25, 0.3) is 5.91 Å². The van der Waals surface area contributed by atoms with Crippen molar-refractivity contribution in [2.45, 2.75) is 44.0 Å². The third-order valence-corrected chi connectivity index (χ3v) is 4.88. The molecular formula is C14H19ClN2O3S. The molecule has 1 aromatic carbocycles. The molecule has 116 valence electrons. The van der Waals surface area contributed by atoms with Crippen LogP contribution in [0, 0.1) is 5.41 Å². The summed E-state index contributed by atoms with van der Waals surface area (Å²) in [5.74, 6) is -0.329. The molecule has 7 heteroatoms. The lowest BCUT2D eigenvalue weighted by Gasteiger charge is -2.18. The van der Waals surface area contributed by atoms with Crippen molar-refractivity contribution in [1.82, 2.24) is 5.32 Å². The van der Waals surface area contributed by atoms with Gasteiger partial charge >= 0.3 is 0 Å². The number of hydrogen-bond donors (Lipinski definition) is 2. The van der Waals surface area contributed by atoms with Gasteiger partial charge in [-0.05, 0) is 42.9 Å². The van der Waals surface area contributed by atoms with E-state index in [1.807, 2.05) is 0 Å². The van der Waals surface area contributed by atoms with Crippen LogP contribution in [0.3, 0.4) is 0 Å². The Kier molecular flexibility index (Phi) is 4.33. The van der Waals surface area contributed by atoms with E-state index in [9.17, 15) is 13.2 Å². The molecule has 0 heterocycles. The highest BCUT2D eigenvalue weighted by Crippen LogP contribution is 2.37. The summed E-state index contributed by atoms with van der Waals surface area (Å²) in [7, 11) is -3.89. The van der Waals surface area contributed by atoms with Crippen molar-refractivity contribution in [1.29, 1.82) is 0 Å². The van der Waals surface area contributed by atoms with Crippen molar-refractivity contribution in [3.63, 3.8) is 0 Å². The second kappa shape index (κ2) is 5.59. The highest BCUT2D eigenvalue weighted by atomic mass is 35.5. The first-order valence-corrected chi connectivity index (χ1v) is 8.63. The minimum atomic E-state index is -3.89. The van der Waals surface area contributed by atoms with Gasteiger partial charge in [-0.1, -0.05) is 25.4 Å². The molecule has 0 radical (unpaired) electrons. The Morgan fingerprint density at radius 3 is 2.57 bits per heavy atom. The van der Waals surface area contributed by atoms with Gasteiger partial charge in [0.1, 0.15) is 0 Å². The number of carbonyl (C=O) groups is 1. The maximum Gasteiger partial charge on any atom is 0.251 e. The molecule has 0 spiro atoms. The van der Waals surface area contributed by atoms with Gasteiger partial charge in [-0.25, -0.2) is 13.6 Å². The molecule has 1 atom stereocenters. The number of rotatable bonds is 3. The van der Waals surface area contributed by atoms with Crippen LogP contribution in [-0.4, -0.2) is 20.4 Å². The molecule has 1 amide bonds. The van der Waals surface area contributed by atoms with E-state index in [4.69, 9.17) is 16.7 Å². The first kappa shape index (κ1) is 16.3. The van der Waals surface area contributed by atoms with Gasteiger partial charge in [0, 0.05) is 16.6 Å². The summed E-state index contributed by atoms with van der Waals surface area (Å²) in [6, 6.07) is 4.01. The summed E-state index contributed by atoms with van der Waals surface area (Å²) in [6.45, 7) is 4.33. The van der Waals surface area contributed by atoms with Crippen molar-refractivity contribution in [2.75, 3.05) is 0 Å². The van der Waals surface area contributed by atoms with E-state index in [1.165, 1.54) is 18.2 Å². The zero-order valence-electron chi connectivity index (χ0n) is 12.0. The number of nitrogens with one attached hydrogen (secondary N) is 1. The lowest BCUT2D eigenvalue weighted by molar-refractivity contribution is 0.0936. The Morgan fingerprint density at radius 2 is 2.05 bits per heavy atom. The molecule has 1 fully saturated rings. The zero-order valence-corrected chi connectivity index (χ0v) is 13.6. The highest BCUT2D eigenvalue weighted by molar-refractivity contribution is 7.89. The Balaban J connectivity index is 2.18. The standard InChI is InChI=1S/C14H19ClN2O3S/c1-14(2)4-3-11(8-14)17-13(18)9-5-10(15)7-12(6-9)21(16,19)20/h5-7,11H,3-4,8H2,1-2H3,(H,17,18)(H2,16,19,20). The summed E-state index contributed by atoms with van der Waals surface area (Å²) >= 11 is 5.86. The average molecular weight is 331 g/mol. The van der Waals surface area contributed by atoms with Crippen molar-refractivity contribution >= 4 is 27.5 Å². The maximum atomic E-state index is 12.2. The number of amides is 1. The molecule has 1 aliphatic carbocycles. The van der Waals surface area contributed by atoms with E-state index in [1.54, 1.807) is 0 Å². The summed E-state index contributed by atoms with van der Waals surface area (Å²) in [5.41, 5.74) is 0.425. The van der Waals surface area contributed by atoms with Crippen LogP contribution in [0.25, 0.3) is 0 Å². The van der Waals surface area contributed by atoms with Crippen molar-refractivity contribution in [3.05, 3.63) is 28.8 Å². The van der Waals surface area contributed by atoms with Crippen LogP contribution in [0.2, 0.25) is 5.02 Å². The number of nitrogens with two attached hydrogens (primary N) is 1. The minimum Gasteiger partial charge on any atom is -0.349 e. The Labute approximate surface area is 129 Å². The lowest BCUT2D eigenvalue weighted by atomic mass is 9.92. The van der Waals surface area contributed by atoms with E-state index < -0.39 is 10.0 Å². The van der Waals surface area contributed by atoms with Crippen molar-refractivity contribution in [2.24, 2.45) is 10.6 Å². The van der Waals surface area contributed by atoms with Crippen molar-refractivity contribution in [3.8, 4) is 0 Å².